The molecule has 4 heterocycles. The van der Waals surface area contributed by atoms with Gasteiger partial charge in [0, 0.05) is 25.5 Å². The molecule has 2 aromatic rings. The minimum atomic E-state index is -0.0714. The molecule has 0 aliphatic carbocycles. The molecule has 0 aromatic carbocycles. The van der Waals surface area contributed by atoms with Gasteiger partial charge in [-0.2, -0.15) is 4.98 Å². The van der Waals surface area contributed by atoms with Crippen LogP contribution in [0, 0.1) is 12.8 Å². The zero-order valence-electron chi connectivity index (χ0n) is 11.8. The van der Waals surface area contributed by atoms with Crippen LogP contribution in [0.4, 0.5) is 5.95 Å². The largest absolute Gasteiger partial charge is 0.363 e. The van der Waals surface area contributed by atoms with Crippen molar-refractivity contribution < 1.29 is 9.26 Å². The lowest BCUT2D eigenvalue weighted by Gasteiger charge is -2.33. The van der Waals surface area contributed by atoms with Crippen LogP contribution in [0.25, 0.3) is 0 Å². The third-order valence-electron chi connectivity index (χ3n) is 4.21. The summed E-state index contributed by atoms with van der Waals surface area (Å²) in [5.41, 5.74) is 0. The minimum absolute atomic E-state index is 0.0714. The van der Waals surface area contributed by atoms with Crippen molar-refractivity contribution in [1.82, 2.24) is 20.1 Å². The summed E-state index contributed by atoms with van der Waals surface area (Å²) >= 11 is 0. The van der Waals surface area contributed by atoms with Gasteiger partial charge in [0.05, 0.1) is 6.10 Å². The lowest BCUT2D eigenvalue weighted by molar-refractivity contribution is 0.0162. The van der Waals surface area contributed by atoms with Crippen LogP contribution in [0.1, 0.15) is 30.7 Å². The van der Waals surface area contributed by atoms with Crippen molar-refractivity contribution in [1.29, 1.82) is 0 Å². The van der Waals surface area contributed by atoms with E-state index < -0.39 is 0 Å². The first-order chi connectivity index (χ1) is 10.3. The van der Waals surface area contributed by atoms with Crippen LogP contribution < -0.4 is 4.90 Å². The Bertz CT molecular complexity index is 617. The Morgan fingerprint density at radius 3 is 2.90 bits per heavy atom. The van der Waals surface area contributed by atoms with E-state index in [4.69, 9.17) is 9.26 Å². The van der Waals surface area contributed by atoms with Crippen LogP contribution in [0.15, 0.2) is 23.0 Å². The number of hydrogen-bond donors (Lipinski definition) is 0. The highest BCUT2D eigenvalue weighted by Gasteiger charge is 2.42. The Labute approximate surface area is 122 Å². The van der Waals surface area contributed by atoms with Gasteiger partial charge in [0.2, 0.25) is 5.95 Å². The zero-order chi connectivity index (χ0) is 14.2. The highest BCUT2D eigenvalue weighted by Crippen LogP contribution is 2.40. The van der Waals surface area contributed by atoms with E-state index >= 15 is 0 Å². The normalized spacial score (nSPS) is 28.6. The molecule has 0 radical (unpaired) electrons. The standard InChI is InChI=1S/C14H17N5O2/c1-9-17-13(21-18-9)11-7-10-3-6-19(8-12(10)20-11)14-15-4-2-5-16-14/h2,4-5,10-12H,3,6-8H2,1H3/t10-,11+,12+/m1/s1. The number of nitrogens with zero attached hydrogens (tertiary/aromatic N) is 5. The Morgan fingerprint density at radius 2 is 2.14 bits per heavy atom. The Hall–Kier alpha value is -2.02. The van der Waals surface area contributed by atoms with Crippen molar-refractivity contribution in [2.75, 3.05) is 18.0 Å². The van der Waals surface area contributed by atoms with Gasteiger partial charge in [0.15, 0.2) is 5.82 Å². The number of ether oxygens (including phenoxy) is 1. The molecule has 4 rings (SSSR count). The number of piperidine rings is 1. The molecule has 21 heavy (non-hydrogen) atoms. The van der Waals surface area contributed by atoms with Gasteiger partial charge in [-0.25, -0.2) is 9.97 Å². The van der Waals surface area contributed by atoms with Crippen molar-refractivity contribution in [3.63, 3.8) is 0 Å². The molecule has 110 valence electrons. The SMILES string of the molecule is Cc1noc([C@@H]2C[C@H]3CCN(c4ncccn4)C[C@@H]3O2)n1. The summed E-state index contributed by atoms with van der Waals surface area (Å²) in [5, 5.41) is 3.84. The summed E-state index contributed by atoms with van der Waals surface area (Å²) in [6.07, 6.45) is 5.68. The van der Waals surface area contributed by atoms with E-state index in [1.54, 1.807) is 12.4 Å². The van der Waals surface area contributed by atoms with Crippen molar-refractivity contribution in [2.24, 2.45) is 5.92 Å². The molecule has 2 fully saturated rings. The van der Waals surface area contributed by atoms with Gasteiger partial charge in [-0.3, -0.25) is 0 Å². The Kier molecular flexibility index (Phi) is 3.07. The van der Waals surface area contributed by atoms with E-state index in [1.807, 2.05) is 13.0 Å². The predicted molar refractivity (Wildman–Crippen MR) is 73.6 cm³/mol. The zero-order valence-corrected chi connectivity index (χ0v) is 11.8. The first kappa shape index (κ1) is 12.7. The summed E-state index contributed by atoms with van der Waals surface area (Å²) in [7, 11) is 0. The maximum absolute atomic E-state index is 6.12. The molecule has 7 nitrogen and oxygen atoms in total. The molecule has 3 atom stereocenters. The van der Waals surface area contributed by atoms with E-state index in [0.29, 0.717) is 17.6 Å². The monoisotopic (exact) mass is 287 g/mol. The van der Waals surface area contributed by atoms with Gasteiger partial charge < -0.3 is 14.2 Å². The molecule has 2 aliphatic heterocycles. The van der Waals surface area contributed by atoms with Gasteiger partial charge >= 0.3 is 0 Å². The number of hydrogen-bond acceptors (Lipinski definition) is 7. The second-order valence-corrected chi connectivity index (χ2v) is 5.62. The van der Waals surface area contributed by atoms with Crippen LogP contribution in [0.2, 0.25) is 0 Å². The topological polar surface area (TPSA) is 77.2 Å². The van der Waals surface area contributed by atoms with Gasteiger partial charge in [-0.15, -0.1) is 0 Å². The number of aromatic nitrogens is 4. The van der Waals surface area contributed by atoms with Crippen LogP contribution in [-0.2, 0) is 4.74 Å². The highest BCUT2D eigenvalue weighted by atomic mass is 16.5. The third-order valence-corrected chi connectivity index (χ3v) is 4.21. The van der Waals surface area contributed by atoms with Gasteiger partial charge in [-0.05, 0) is 31.7 Å². The van der Waals surface area contributed by atoms with Crippen LogP contribution in [-0.4, -0.2) is 39.3 Å². The van der Waals surface area contributed by atoms with Crippen LogP contribution in [0.3, 0.4) is 0 Å². The third kappa shape index (κ3) is 2.37. The molecule has 2 aliphatic rings. The average Bonchev–Trinajstić information content (AvgIpc) is 3.13. The van der Waals surface area contributed by atoms with Crippen LogP contribution in [0.5, 0.6) is 0 Å². The second kappa shape index (κ2) is 5.07. The molecule has 0 N–H and O–H groups in total. The maximum atomic E-state index is 6.12. The molecule has 2 saturated heterocycles. The first-order valence-electron chi connectivity index (χ1n) is 7.27. The molecule has 0 bridgehead atoms. The predicted octanol–water partition coefficient (Wildman–Crippen LogP) is 1.52. The van der Waals surface area contributed by atoms with E-state index in [-0.39, 0.29) is 12.2 Å². The lowest BCUT2D eigenvalue weighted by atomic mass is 9.92. The van der Waals surface area contributed by atoms with Gasteiger partial charge in [-0.1, -0.05) is 5.16 Å². The number of rotatable bonds is 2. The quantitative estimate of drug-likeness (QED) is 0.828. The number of fused-ring (bicyclic) bond motifs is 1. The number of anilines is 1. The summed E-state index contributed by atoms with van der Waals surface area (Å²) < 4.78 is 11.4. The molecule has 0 amide bonds. The maximum Gasteiger partial charge on any atom is 0.255 e. The van der Waals surface area contributed by atoms with Crippen LogP contribution >= 0.6 is 0 Å². The van der Waals surface area contributed by atoms with Crippen molar-refractivity contribution in [3.8, 4) is 0 Å². The fraction of sp³-hybridized carbons (Fsp3) is 0.571. The summed E-state index contributed by atoms with van der Waals surface area (Å²) in [5.74, 6) is 2.57. The Balaban J connectivity index is 1.47. The second-order valence-electron chi connectivity index (χ2n) is 5.62. The number of aryl methyl sites for hydroxylation is 1. The summed E-state index contributed by atoms with van der Waals surface area (Å²) in [6.45, 7) is 3.60. The van der Waals surface area contributed by atoms with Gasteiger partial charge in [0.1, 0.15) is 6.10 Å². The fourth-order valence-corrected chi connectivity index (χ4v) is 3.17. The molecule has 0 unspecified atom stereocenters. The summed E-state index contributed by atoms with van der Waals surface area (Å²) in [6, 6.07) is 1.83. The smallest absolute Gasteiger partial charge is 0.255 e. The van der Waals surface area contributed by atoms with E-state index in [9.17, 15) is 0 Å². The molecule has 7 heteroatoms. The lowest BCUT2D eigenvalue weighted by Crippen LogP contribution is -2.43. The van der Waals surface area contributed by atoms with E-state index in [1.165, 1.54) is 0 Å². The molecule has 0 saturated carbocycles. The molecule has 0 spiro atoms. The minimum Gasteiger partial charge on any atom is -0.363 e. The molecule has 2 aromatic heterocycles. The Morgan fingerprint density at radius 1 is 1.29 bits per heavy atom. The average molecular weight is 287 g/mol. The highest BCUT2D eigenvalue weighted by molar-refractivity contribution is 5.30. The summed E-state index contributed by atoms with van der Waals surface area (Å²) in [4.78, 5) is 15.1. The molecular weight excluding hydrogens is 270 g/mol. The van der Waals surface area contributed by atoms with Gasteiger partial charge in [0.25, 0.3) is 5.89 Å². The van der Waals surface area contributed by atoms with E-state index in [0.717, 1.165) is 31.9 Å². The fourth-order valence-electron chi connectivity index (χ4n) is 3.17. The van der Waals surface area contributed by atoms with E-state index in [2.05, 4.69) is 25.0 Å². The van der Waals surface area contributed by atoms with Crippen molar-refractivity contribution in [2.45, 2.75) is 32.0 Å². The van der Waals surface area contributed by atoms with Crippen molar-refractivity contribution >= 4 is 5.95 Å². The van der Waals surface area contributed by atoms with Crippen molar-refractivity contribution in [3.05, 3.63) is 30.2 Å². The first-order valence-corrected chi connectivity index (χ1v) is 7.27. The molecular formula is C14H17N5O2.